The van der Waals surface area contributed by atoms with Crippen LogP contribution in [0.4, 0.5) is 0 Å². The molecule has 18 heavy (non-hydrogen) atoms. The molecule has 0 aliphatic carbocycles. The first-order valence-electron chi connectivity index (χ1n) is 5.65. The molecule has 0 saturated carbocycles. The number of thioether (sulfide) groups is 1. The highest BCUT2D eigenvalue weighted by molar-refractivity contribution is 7.99. The summed E-state index contributed by atoms with van der Waals surface area (Å²) in [4.78, 5) is 0.161. The van der Waals surface area contributed by atoms with Crippen molar-refractivity contribution in [1.82, 2.24) is 14.5 Å². The Morgan fingerprint density at radius 3 is 2.94 bits per heavy atom. The number of aliphatic hydroxyl groups is 1. The quantitative estimate of drug-likeness (QED) is 0.720. The van der Waals surface area contributed by atoms with Gasteiger partial charge in [0.2, 0.25) is 10.0 Å². The van der Waals surface area contributed by atoms with E-state index in [4.69, 9.17) is 5.11 Å². The number of sulfonamides is 1. The highest BCUT2D eigenvalue weighted by Crippen LogP contribution is 2.09. The van der Waals surface area contributed by atoms with Crippen LogP contribution in [0.15, 0.2) is 17.3 Å². The van der Waals surface area contributed by atoms with Crippen LogP contribution in [-0.2, 0) is 16.6 Å². The van der Waals surface area contributed by atoms with E-state index in [0.717, 1.165) is 0 Å². The number of aryl methyl sites for hydroxylation is 1. The van der Waals surface area contributed by atoms with Gasteiger partial charge in [-0.2, -0.15) is 16.9 Å². The Bertz CT molecular complexity index is 459. The zero-order valence-electron chi connectivity index (χ0n) is 10.5. The molecule has 0 aliphatic heterocycles. The Balaban J connectivity index is 2.64. The van der Waals surface area contributed by atoms with Crippen LogP contribution in [0.3, 0.4) is 0 Å². The molecule has 1 aromatic rings. The van der Waals surface area contributed by atoms with Gasteiger partial charge in [0.05, 0.1) is 6.20 Å². The molecule has 0 aliphatic rings. The van der Waals surface area contributed by atoms with E-state index in [2.05, 4.69) is 9.82 Å². The minimum Gasteiger partial charge on any atom is -0.396 e. The number of aromatic nitrogens is 2. The number of rotatable bonds is 8. The third-order valence-corrected chi connectivity index (χ3v) is 4.78. The van der Waals surface area contributed by atoms with Crippen molar-refractivity contribution < 1.29 is 13.5 Å². The predicted octanol–water partition coefficient (Wildman–Crippen LogP) is 0.295. The van der Waals surface area contributed by atoms with Crippen molar-refractivity contribution in [2.24, 2.45) is 0 Å². The number of hydrogen-bond donors (Lipinski definition) is 2. The molecule has 6 nitrogen and oxygen atoms in total. The Morgan fingerprint density at radius 1 is 1.61 bits per heavy atom. The van der Waals surface area contributed by atoms with Gasteiger partial charge in [-0.3, -0.25) is 4.68 Å². The molecule has 1 heterocycles. The monoisotopic (exact) mass is 293 g/mol. The van der Waals surface area contributed by atoms with Crippen molar-refractivity contribution >= 4 is 21.8 Å². The lowest BCUT2D eigenvalue weighted by Gasteiger charge is -2.09. The van der Waals surface area contributed by atoms with Crippen LogP contribution in [0, 0.1) is 0 Å². The van der Waals surface area contributed by atoms with Crippen molar-refractivity contribution in [3.8, 4) is 0 Å². The molecule has 104 valence electrons. The Labute approximate surface area is 112 Å². The first kappa shape index (κ1) is 15.5. The zero-order chi connectivity index (χ0) is 13.6. The van der Waals surface area contributed by atoms with Gasteiger partial charge < -0.3 is 5.11 Å². The van der Waals surface area contributed by atoms with E-state index in [0.29, 0.717) is 19.5 Å². The van der Waals surface area contributed by atoms with Crippen LogP contribution in [-0.4, -0.2) is 48.0 Å². The number of hydrogen-bond acceptors (Lipinski definition) is 5. The van der Waals surface area contributed by atoms with E-state index < -0.39 is 10.0 Å². The minimum atomic E-state index is -3.48. The van der Waals surface area contributed by atoms with Crippen LogP contribution in [0.2, 0.25) is 0 Å². The predicted molar refractivity (Wildman–Crippen MR) is 72.1 cm³/mol. The topological polar surface area (TPSA) is 84.2 Å². The van der Waals surface area contributed by atoms with E-state index in [1.54, 1.807) is 11.8 Å². The lowest BCUT2D eigenvalue weighted by molar-refractivity contribution is 0.277. The van der Waals surface area contributed by atoms with Gasteiger partial charge in [0.15, 0.2) is 0 Å². The van der Waals surface area contributed by atoms with Crippen molar-refractivity contribution in [3.63, 3.8) is 0 Å². The van der Waals surface area contributed by atoms with Gasteiger partial charge in [0, 0.05) is 31.1 Å². The van der Waals surface area contributed by atoms with E-state index >= 15 is 0 Å². The summed E-state index contributed by atoms with van der Waals surface area (Å²) in [5, 5.41) is 12.9. The number of nitrogens with one attached hydrogen (secondary N) is 1. The maximum Gasteiger partial charge on any atom is 0.243 e. The molecule has 0 radical (unpaired) electrons. The van der Waals surface area contributed by atoms with E-state index in [9.17, 15) is 8.42 Å². The summed E-state index contributed by atoms with van der Waals surface area (Å²) < 4.78 is 27.9. The van der Waals surface area contributed by atoms with Crippen LogP contribution in [0.5, 0.6) is 0 Å². The smallest absolute Gasteiger partial charge is 0.243 e. The summed E-state index contributed by atoms with van der Waals surface area (Å²) in [6.07, 6.45) is 5.29. The third kappa shape index (κ3) is 4.60. The van der Waals surface area contributed by atoms with Crippen molar-refractivity contribution in [1.29, 1.82) is 0 Å². The largest absolute Gasteiger partial charge is 0.396 e. The van der Waals surface area contributed by atoms with Gasteiger partial charge in [-0.25, -0.2) is 13.1 Å². The molecule has 8 heteroatoms. The van der Waals surface area contributed by atoms with Crippen LogP contribution < -0.4 is 4.72 Å². The Morgan fingerprint density at radius 2 is 2.33 bits per heavy atom. The average Bonchev–Trinajstić information content (AvgIpc) is 2.83. The van der Waals surface area contributed by atoms with Crippen LogP contribution >= 0.6 is 11.8 Å². The van der Waals surface area contributed by atoms with E-state index in [1.165, 1.54) is 17.1 Å². The van der Waals surface area contributed by atoms with Gasteiger partial charge in [-0.1, -0.05) is 6.92 Å². The highest BCUT2D eigenvalue weighted by Gasteiger charge is 2.16. The maximum absolute atomic E-state index is 11.9. The van der Waals surface area contributed by atoms with Gasteiger partial charge in [0.25, 0.3) is 0 Å². The SMILES string of the molecule is CSC(C)CNS(=O)(=O)c1cnn(CCCO)c1. The van der Waals surface area contributed by atoms with Crippen LogP contribution in [0.25, 0.3) is 0 Å². The molecular formula is C10H19N3O3S2. The normalized spacial score (nSPS) is 13.7. The highest BCUT2D eigenvalue weighted by atomic mass is 32.2. The molecule has 1 rings (SSSR count). The molecule has 0 amide bonds. The lowest BCUT2D eigenvalue weighted by Crippen LogP contribution is -2.29. The third-order valence-electron chi connectivity index (χ3n) is 2.43. The second kappa shape index (κ2) is 7.13. The number of nitrogens with zero attached hydrogens (tertiary/aromatic N) is 2. The van der Waals surface area contributed by atoms with Gasteiger partial charge >= 0.3 is 0 Å². The molecule has 0 bridgehead atoms. The number of aliphatic hydroxyl groups excluding tert-OH is 1. The van der Waals surface area contributed by atoms with Crippen molar-refractivity contribution in [2.45, 2.75) is 30.0 Å². The summed E-state index contributed by atoms with van der Waals surface area (Å²) in [5.74, 6) is 0. The molecule has 0 aromatic carbocycles. The average molecular weight is 293 g/mol. The summed E-state index contributed by atoms with van der Waals surface area (Å²) in [7, 11) is -3.48. The van der Waals surface area contributed by atoms with Crippen molar-refractivity contribution in [2.75, 3.05) is 19.4 Å². The molecule has 0 saturated heterocycles. The van der Waals surface area contributed by atoms with Gasteiger partial charge in [0.1, 0.15) is 4.90 Å². The standard InChI is InChI=1S/C10H19N3O3S2/c1-9(17-2)6-12-18(15,16)10-7-11-13(8-10)4-3-5-14/h7-9,12,14H,3-6H2,1-2H3. The van der Waals surface area contributed by atoms with E-state index in [1.807, 2.05) is 13.2 Å². The lowest BCUT2D eigenvalue weighted by atomic mass is 10.5. The molecule has 1 atom stereocenters. The minimum absolute atomic E-state index is 0.0609. The molecule has 1 unspecified atom stereocenters. The summed E-state index contributed by atoms with van der Waals surface area (Å²) in [5.41, 5.74) is 0. The molecule has 1 aromatic heterocycles. The fourth-order valence-corrected chi connectivity index (χ4v) is 2.67. The summed E-state index contributed by atoms with van der Waals surface area (Å²) in [6, 6.07) is 0. The Kier molecular flexibility index (Phi) is 6.13. The molecule has 0 fully saturated rings. The van der Waals surface area contributed by atoms with Crippen LogP contribution in [0.1, 0.15) is 13.3 Å². The molecular weight excluding hydrogens is 274 g/mol. The summed E-state index contributed by atoms with van der Waals surface area (Å²) >= 11 is 1.60. The molecule has 2 N–H and O–H groups in total. The first-order valence-corrected chi connectivity index (χ1v) is 8.42. The van der Waals surface area contributed by atoms with Gasteiger partial charge in [-0.15, -0.1) is 0 Å². The summed E-state index contributed by atoms with van der Waals surface area (Å²) in [6.45, 7) is 2.92. The van der Waals surface area contributed by atoms with E-state index in [-0.39, 0.29) is 16.8 Å². The second-order valence-electron chi connectivity index (χ2n) is 3.91. The zero-order valence-corrected chi connectivity index (χ0v) is 12.2. The second-order valence-corrected chi connectivity index (χ2v) is 6.96. The molecule has 0 spiro atoms. The fraction of sp³-hybridized carbons (Fsp3) is 0.700. The van der Waals surface area contributed by atoms with Gasteiger partial charge in [-0.05, 0) is 12.7 Å². The maximum atomic E-state index is 11.9. The Hall–Kier alpha value is -0.570. The van der Waals surface area contributed by atoms with Crippen molar-refractivity contribution in [3.05, 3.63) is 12.4 Å². The first-order chi connectivity index (χ1) is 8.49. The fourth-order valence-electron chi connectivity index (χ4n) is 1.23.